The number of ether oxygens (including phenoxy) is 2. The summed E-state index contributed by atoms with van der Waals surface area (Å²) in [5.41, 5.74) is -0.0632. The lowest BCUT2D eigenvalue weighted by atomic mass is 9.93. The molecule has 1 aromatic carbocycles. The molecule has 3 unspecified atom stereocenters. The van der Waals surface area contributed by atoms with E-state index in [1.54, 1.807) is 6.92 Å². The van der Waals surface area contributed by atoms with Crippen molar-refractivity contribution >= 4 is 23.5 Å². The van der Waals surface area contributed by atoms with Gasteiger partial charge in [-0.25, -0.2) is 0 Å². The van der Waals surface area contributed by atoms with Gasteiger partial charge in [-0.3, -0.25) is 19.2 Å². The van der Waals surface area contributed by atoms with Gasteiger partial charge in [-0.05, 0) is 24.8 Å². The van der Waals surface area contributed by atoms with Gasteiger partial charge in [-0.1, -0.05) is 56.3 Å². The topological polar surface area (TPSA) is 152 Å². The van der Waals surface area contributed by atoms with Gasteiger partial charge in [0.1, 0.15) is 23.4 Å². The quantitative estimate of drug-likeness (QED) is 0.287. The van der Waals surface area contributed by atoms with Crippen LogP contribution in [0.2, 0.25) is 0 Å². The number of carbonyl (C=O) groups excluding carboxylic acids is 4. The number of carbonyl (C=O) groups is 4. The Balaban J connectivity index is 1.77. The molecule has 1 aliphatic rings. The monoisotopic (exact) mass is 542 g/mol. The largest absolute Gasteiger partial charge is 0.382 e. The SMILES string of the molecule is CCc1cc(C(=O)NC(COC)C(=O)N[C@@H](Cc2ccccc2)C(=O)NC(CC(C)C)C(=O)C2(C)CO2)no1. The Morgan fingerprint density at radius 1 is 1.03 bits per heavy atom. The number of aromatic nitrogens is 1. The number of hydrogen-bond acceptors (Lipinski definition) is 8. The van der Waals surface area contributed by atoms with Gasteiger partial charge in [-0.15, -0.1) is 0 Å². The Morgan fingerprint density at radius 2 is 1.67 bits per heavy atom. The smallest absolute Gasteiger partial charge is 0.274 e. The predicted octanol–water partition coefficient (Wildman–Crippen LogP) is 1.60. The van der Waals surface area contributed by atoms with Gasteiger partial charge in [0.25, 0.3) is 5.91 Å². The van der Waals surface area contributed by atoms with E-state index < -0.39 is 41.4 Å². The number of ketones is 1. The average Bonchev–Trinajstić information content (AvgIpc) is 3.47. The summed E-state index contributed by atoms with van der Waals surface area (Å²) in [6, 6.07) is 7.79. The Hall–Kier alpha value is -3.57. The molecule has 0 radical (unpaired) electrons. The predicted molar refractivity (Wildman–Crippen MR) is 142 cm³/mol. The van der Waals surface area contributed by atoms with E-state index >= 15 is 0 Å². The molecule has 0 spiro atoms. The lowest BCUT2D eigenvalue weighted by Gasteiger charge is -2.26. The van der Waals surface area contributed by atoms with Crippen LogP contribution in [0.5, 0.6) is 0 Å². The summed E-state index contributed by atoms with van der Waals surface area (Å²) in [4.78, 5) is 52.6. The molecule has 3 N–H and O–H groups in total. The zero-order valence-electron chi connectivity index (χ0n) is 23.1. The van der Waals surface area contributed by atoms with E-state index in [1.165, 1.54) is 13.2 Å². The van der Waals surface area contributed by atoms with Crippen LogP contribution >= 0.6 is 0 Å². The van der Waals surface area contributed by atoms with Gasteiger partial charge in [-0.2, -0.15) is 0 Å². The molecule has 39 heavy (non-hydrogen) atoms. The molecule has 2 aromatic rings. The van der Waals surface area contributed by atoms with Crippen molar-refractivity contribution in [2.75, 3.05) is 20.3 Å². The molecule has 11 nitrogen and oxygen atoms in total. The van der Waals surface area contributed by atoms with Crippen LogP contribution in [0, 0.1) is 5.92 Å². The number of Topliss-reactive ketones (excluding diaryl/α,β-unsaturated/α-hetero) is 1. The molecule has 1 aliphatic heterocycles. The number of methoxy groups -OCH3 is 1. The van der Waals surface area contributed by atoms with Crippen molar-refractivity contribution in [1.29, 1.82) is 0 Å². The lowest BCUT2D eigenvalue weighted by Crippen LogP contribution is -2.58. The summed E-state index contributed by atoms with van der Waals surface area (Å²) in [5.74, 6) is -1.28. The van der Waals surface area contributed by atoms with Crippen molar-refractivity contribution in [2.24, 2.45) is 5.92 Å². The van der Waals surface area contributed by atoms with Crippen molar-refractivity contribution in [3.63, 3.8) is 0 Å². The van der Waals surface area contributed by atoms with Crippen molar-refractivity contribution in [3.05, 3.63) is 53.4 Å². The zero-order chi connectivity index (χ0) is 28.6. The Bertz CT molecular complexity index is 1140. The Morgan fingerprint density at radius 3 is 2.23 bits per heavy atom. The number of amides is 3. The highest BCUT2D eigenvalue weighted by molar-refractivity contribution is 5.99. The van der Waals surface area contributed by atoms with Gasteiger partial charge in [0.15, 0.2) is 11.5 Å². The highest BCUT2D eigenvalue weighted by Crippen LogP contribution is 2.29. The van der Waals surface area contributed by atoms with Crippen molar-refractivity contribution < 1.29 is 33.2 Å². The van der Waals surface area contributed by atoms with Crippen molar-refractivity contribution in [3.8, 4) is 0 Å². The van der Waals surface area contributed by atoms with E-state index in [0.29, 0.717) is 25.2 Å². The van der Waals surface area contributed by atoms with Crippen LogP contribution in [0.4, 0.5) is 0 Å². The van der Waals surface area contributed by atoms with Gasteiger partial charge in [0.05, 0.1) is 19.3 Å². The number of rotatable bonds is 15. The van der Waals surface area contributed by atoms with Crippen LogP contribution in [0.1, 0.15) is 55.9 Å². The van der Waals surface area contributed by atoms with E-state index in [4.69, 9.17) is 14.0 Å². The minimum atomic E-state index is -1.11. The summed E-state index contributed by atoms with van der Waals surface area (Å²) in [7, 11) is 1.40. The first-order valence-corrected chi connectivity index (χ1v) is 13.1. The molecule has 4 atom stereocenters. The molecule has 3 rings (SSSR count). The first-order chi connectivity index (χ1) is 18.6. The second-order valence-corrected chi connectivity index (χ2v) is 10.3. The third-order valence-corrected chi connectivity index (χ3v) is 6.45. The number of benzene rings is 1. The molecule has 0 saturated carbocycles. The molecule has 1 fully saturated rings. The maximum absolute atomic E-state index is 13.5. The third-order valence-electron chi connectivity index (χ3n) is 6.45. The zero-order valence-corrected chi connectivity index (χ0v) is 23.1. The molecule has 2 heterocycles. The van der Waals surface area contributed by atoms with Gasteiger partial charge < -0.3 is 29.9 Å². The molecule has 212 valence electrons. The van der Waals surface area contributed by atoms with Gasteiger partial charge >= 0.3 is 0 Å². The molecule has 0 aliphatic carbocycles. The number of nitrogens with one attached hydrogen (secondary N) is 3. The molecular weight excluding hydrogens is 504 g/mol. The minimum Gasteiger partial charge on any atom is -0.382 e. The number of nitrogens with zero attached hydrogens (tertiary/aromatic N) is 1. The van der Waals surface area contributed by atoms with Crippen LogP contribution in [0.25, 0.3) is 0 Å². The third kappa shape index (κ3) is 8.46. The number of epoxide rings is 1. The van der Waals surface area contributed by atoms with Crippen LogP contribution in [-0.2, 0) is 36.7 Å². The maximum atomic E-state index is 13.5. The van der Waals surface area contributed by atoms with Gasteiger partial charge in [0.2, 0.25) is 11.8 Å². The van der Waals surface area contributed by atoms with Crippen molar-refractivity contribution in [2.45, 2.75) is 70.7 Å². The molecule has 11 heteroatoms. The van der Waals surface area contributed by atoms with Gasteiger partial charge in [0, 0.05) is 26.0 Å². The standard InChI is InChI=1S/C28H38N4O7/c1-6-19-14-22(32-39-19)26(35)31-23(15-37-5)27(36)30-21(13-18-10-8-7-9-11-18)25(34)29-20(12-17(2)3)24(33)28(4)16-38-28/h7-11,14,17,20-21,23H,6,12-13,15-16H2,1-5H3,(H,29,34)(H,30,36)(H,31,35)/t20?,21-,23?,28?/m0/s1. The first kappa shape index (κ1) is 30.0. The van der Waals surface area contributed by atoms with Crippen LogP contribution in [0.15, 0.2) is 40.9 Å². The van der Waals surface area contributed by atoms with Crippen LogP contribution in [-0.4, -0.2) is 72.7 Å². The highest BCUT2D eigenvalue weighted by Gasteiger charge is 2.50. The van der Waals surface area contributed by atoms with Crippen molar-refractivity contribution in [1.82, 2.24) is 21.1 Å². The summed E-state index contributed by atoms with van der Waals surface area (Å²) >= 11 is 0. The van der Waals surface area contributed by atoms with E-state index in [1.807, 2.05) is 51.1 Å². The normalized spacial score (nSPS) is 18.6. The van der Waals surface area contributed by atoms with E-state index in [0.717, 1.165) is 5.56 Å². The number of hydrogen-bond donors (Lipinski definition) is 3. The van der Waals surface area contributed by atoms with Crippen LogP contribution < -0.4 is 16.0 Å². The molecule has 1 aromatic heterocycles. The molecule has 3 amide bonds. The van der Waals surface area contributed by atoms with E-state index in [-0.39, 0.29) is 30.4 Å². The number of aryl methyl sites for hydroxylation is 1. The Kier molecular flexibility index (Phi) is 10.4. The fourth-order valence-electron chi connectivity index (χ4n) is 4.09. The molecular formula is C28H38N4O7. The Labute approximate surface area is 228 Å². The molecule has 0 bridgehead atoms. The van der Waals surface area contributed by atoms with E-state index in [9.17, 15) is 19.2 Å². The summed E-state index contributed by atoms with van der Waals surface area (Å²) in [6.45, 7) is 7.65. The summed E-state index contributed by atoms with van der Waals surface area (Å²) in [5, 5.41) is 11.9. The maximum Gasteiger partial charge on any atom is 0.274 e. The second kappa shape index (κ2) is 13.5. The summed E-state index contributed by atoms with van der Waals surface area (Å²) < 4.78 is 15.6. The average molecular weight is 543 g/mol. The first-order valence-electron chi connectivity index (χ1n) is 13.1. The van der Waals surface area contributed by atoms with E-state index in [2.05, 4.69) is 21.1 Å². The van der Waals surface area contributed by atoms with Crippen LogP contribution in [0.3, 0.4) is 0 Å². The minimum absolute atomic E-state index is 0.0326. The lowest BCUT2D eigenvalue weighted by molar-refractivity contribution is -0.133. The second-order valence-electron chi connectivity index (χ2n) is 10.3. The highest BCUT2D eigenvalue weighted by atomic mass is 16.6. The molecule has 1 saturated heterocycles. The fraction of sp³-hybridized carbons (Fsp3) is 0.536. The summed E-state index contributed by atoms with van der Waals surface area (Å²) in [6.07, 6.45) is 1.16. The fourth-order valence-corrected chi connectivity index (χ4v) is 4.09.